The lowest BCUT2D eigenvalue weighted by atomic mass is 9.84. The Kier molecular flexibility index (Phi) is 4.08. The first-order valence-corrected chi connectivity index (χ1v) is 13.1. The third-order valence-electron chi connectivity index (χ3n) is 5.88. The maximum atomic E-state index is 2.54. The van der Waals surface area contributed by atoms with E-state index in [9.17, 15) is 0 Å². The van der Waals surface area contributed by atoms with Crippen LogP contribution in [0.3, 0.4) is 0 Å². The summed E-state index contributed by atoms with van der Waals surface area (Å²) >= 11 is 0. The lowest BCUT2D eigenvalue weighted by Gasteiger charge is -2.21. The summed E-state index contributed by atoms with van der Waals surface area (Å²) in [7, 11) is -1.21. The van der Waals surface area contributed by atoms with Crippen LogP contribution in [0.2, 0.25) is 19.6 Å². The topological polar surface area (TPSA) is 0 Å². The molecule has 0 aliphatic heterocycles. The van der Waals surface area contributed by atoms with Gasteiger partial charge in [-0.15, -0.1) is 0 Å². The predicted octanol–water partition coefficient (Wildman–Crippen LogP) is 6.89. The van der Waals surface area contributed by atoms with Crippen molar-refractivity contribution in [3.05, 3.63) is 82.1 Å². The smallest absolute Gasteiger partial charge is 0.0771 e. The maximum absolute atomic E-state index is 2.54. The summed E-state index contributed by atoms with van der Waals surface area (Å²) in [6.45, 7) is 9.71. The van der Waals surface area contributed by atoms with Crippen molar-refractivity contribution in [2.75, 3.05) is 0 Å². The quantitative estimate of drug-likeness (QED) is 0.452. The highest BCUT2D eigenvalue weighted by molar-refractivity contribution is 6.83. The van der Waals surface area contributed by atoms with Crippen LogP contribution in [-0.4, -0.2) is 8.07 Å². The Bertz CT molecular complexity index is 877. The van der Waals surface area contributed by atoms with Crippen LogP contribution < -0.4 is 0 Å². The Morgan fingerprint density at radius 2 is 1.72 bits per heavy atom. The zero-order valence-electron chi connectivity index (χ0n) is 15.9. The number of hydrogen-bond acceptors (Lipinski definition) is 0. The molecule has 0 heterocycles. The van der Waals surface area contributed by atoms with E-state index in [0.717, 1.165) is 12.8 Å². The van der Waals surface area contributed by atoms with Gasteiger partial charge in [-0.05, 0) is 47.1 Å². The van der Waals surface area contributed by atoms with Crippen LogP contribution in [0.4, 0.5) is 0 Å². The van der Waals surface area contributed by atoms with Gasteiger partial charge in [0.2, 0.25) is 0 Å². The van der Waals surface area contributed by atoms with Gasteiger partial charge >= 0.3 is 0 Å². The van der Waals surface area contributed by atoms with E-state index in [-0.39, 0.29) is 0 Å². The minimum absolute atomic E-state index is 0.564. The summed E-state index contributed by atoms with van der Waals surface area (Å²) < 4.78 is 0. The van der Waals surface area contributed by atoms with E-state index in [4.69, 9.17) is 0 Å². The van der Waals surface area contributed by atoms with Crippen LogP contribution in [0.5, 0.6) is 0 Å². The third-order valence-corrected chi connectivity index (χ3v) is 7.96. The number of hydrogen-bond donors (Lipinski definition) is 0. The van der Waals surface area contributed by atoms with Crippen molar-refractivity contribution < 1.29 is 0 Å². The molecule has 0 bridgehead atoms. The van der Waals surface area contributed by atoms with Gasteiger partial charge in [-0.1, -0.05) is 92.0 Å². The summed E-state index contributed by atoms with van der Waals surface area (Å²) in [6, 6.07) is 15.9. The molecule has 2 aliphatic carbocycles. The van der Waals surface area contributed by atoms with Crippen LogP contribution in [0, 0.1) is 0 Å². The fourth-order valence-electron chi connectivity index (χ4n) is 4.50. The molecule has 1 heteroatoms. The molecule has 0 saturated heterocycles. The summed E-state index contributed by atoms with van der Waals surface area (Å²) in [5.41, 5.74) is 9.15. The zero-order chi connectivity index (χ0) is 17.6. The van der Waals surface area contributed by atoms with E-state index < -0.39 is 8.07 Å². The summed E-state index contributed by atoms with van der Waals surface area (Å²) in [4.78, 5) is 0. The average Bonchev–Trinajstić information content (AvgIpc) is 3.20. The van der Waals surface area contributed by atoms with Crippen molar-refractivity contribution in [1.82, 2.24) is 0 Å². The molecule has 0 fully saturated rings. The second kappa shape index (κ2) is 6.14. The molecule has 2 aromatic carbocycles. The number of benzene rings is 2. The Labute approximate surface area is 153 Å². The van der Waals surface area contributed by atoms with Crippen LogP contribution in [-0.2, 0) is 6.42 Å². The molecule has 0 saturated carbocycles. The van der Waals surface area contributed by atoms with Gasteiger partial charge in [0, 0.05) is 5.92 Å². The second-order valence-electron chi connectivity index (χ2n) is 8.50. The molecule has 4 rings (SSSR count). The molecule has 0 spiro atoms. The first-order chi connectivity index (χ1) is 12.0. The maximum Gasteiger partial charge on any atom is 0.0771 e. The van der Waals surface area contributed by atoms with E-state index >= 15 is 0 Å². The van der Waals surface area contributed by atoms with Crippen molar-refractivity contribution in [3.63, 3.8) is 0 Å². The largest absolute Gasteiger partial charge is 0.0812 e. The molecule has 0 radical (unpaired) electrons. The highest BCUT2D eigenvalue weighted by Crippen LogP contribution is 2.44. The number of fused-ring (bicyclic) bond motifs is 3. The Morgan fingerprint density at radius 3 is 2.44 bits per heavy atom. The van der Waals surface area contributed by atoms with E-state index in [1.54, 1.807) is 21.9 Å². The molecule has 0 amide bonds. The Balaban J connectivity index is 1.74. The molecule has 0 nitrogen and oxygen atoms in total. The Morgan fingerprint density at radius 1 is 0.960 bits per heavy atom. The van der Waals surface area contributed by atoms with Crippen molar-refractivity contribution in [2.24, 2.45) is 0 Å². The molecule has 25 heavy (non-hydrogen) atoms. The van der Waals surface area contributed by atoms with Crippen LogP contribution >= 0.6 is 0 Å². The standard InChI is InChI=1S/C24H28Si/c1-5-20(18-13-14-19(15-18)25(2,3)4)22-11-8-12-23-21-10-7-6-9-17(21)16-24(22)23/h6-12,14-15,20H,5,13,16H2,1-4H3. The van der Waals surface area contributed by atoms with Crippen molar-refractivity contribution >= 4 is 8.07 Å². The minimum Gasteiger partial charge on any atom is -0.0812 e. The van der Waals surface area contributed by atoms with Crippen LogP contribution in [0.15, 0.2) is 65.4 Å². The van der Waals surface area contributed by atoms with Crippen molar-refractivity contribution in [2.45, 2.75) is 51.7 Å². The molecule has 128 valence electrons. The van der Waals surface area contributed by atoms with Crippen molar-refractivity contribution in [1.29, 1.82) is 0 Å². The van der Waals surface area contributed by atoms with E-state index in [1.807, 2.05) is 0 Å². The van der Waals surface area contributed by atoms with Gasteiger partial charge in [0.25, 0.3) is 0 Å². The van der Waals surface area contributed by atoms with E-state index in [0.29, 0.717) is 5.92 Å². The minimum atomic E-state index is -1.21. The van der Waals surface area contributed by atoms with Gasteiger partial charge in [-0.3, -0.25) is 0 Å². The normalized spacial score (nSPS) is 17.0. The van der Waals surface area contributed by atoms with Crippen LogP contribution in [0.1, 0.15) is 42.4 Å². The molecule has 0 aromatic heterocycles. The van der Waals surface area contributed by atoms with E-state index in [2.05, 4.69) is 81.2 Å². The predicted molar refractivity (Wildman–Crippen MR) is 112 cm³/mol. The third kappa shape index (κ3) is 2.85. The zero-order valence-corrected chi connectivity index (χ0v) is 16.9. The van der Waals surface area contributed by atoms with Gasteiger partial charge in [0.15, 0.2) is 0 Å². The second-order valence-corrected chi connectivity index (χ2v) is 13.6. The average molecular weight is 345 g/mol. The molecule has 1 atom stereocenters. The molecular weight excluding hydrogens is 316 g/mol. The molecule has 0 N–H and O–H groups in total. The van der Waals surface area contributed by atoms with Gasteiger partial charge in [0.05, 0.1) is 8.07 Å². The molecule has 2 aliphatic rings. The molecule has 2 aromatic rings. The highest BCUT2D eigenvalue weighted by atomic mass is 28.3. The van der Waals surface area contributed by atoms with Gasteiger partial charge in [-0.25, -0.2) is 0 Å². The number of rotatable bonds is 4. The summed E-state index contributed by atoms with van der Waals surface area (Å²) in [5, 5.41) is 1.64. The first-order valence-electron chi connectivity index (χ1n) is 9.60. The van der Waals surface area contributed by atoms with Gasteiger partial charge in [0.1, 0.15) is 0 Å². The van der Waals surface area contributed by atoms with E-state index in [1.165, 1.54) is 23.1 Å². The fraction of sp³-hybridized carbons (Fsp3) is 0.333. The fourth-order valence-corrected chi connectivity index (χ4v) is 5.83. The summed E-state index contributed by atoms with van der Waals surface area (Å²) in [6.07, 6.45) is 8.48. The first kappa shape index (κ1) is 16.6. The molecule has 1 unspecified atom stereocenters. The monoisotopic (exact) mass is 344 g/mol. The van der Waals surface area contributed by atoms with Crippen molar-refractivity contribution in [3.8, 4) is 11.1 Å². The highest BCUT2D eigenvalue weighted by Gasteiger charge is 2.28. The number of allylic oxidation sites excluding steroid dienone is 4. The van der Waals surface area contributed by atoms with Gasteiger partial charge in [-0.2, -0.15) is 0 Å². The van der Waals surface area contributed by atoms with Crippen LogP contribution in [0.25, 0.3) is 11.1 Å². The lowest BCUT2D eigenvalue weighted by Crippen LogP contribution is -2.21. The Hall–Kier alpha value is -1.86. The SMILES string of the molecule is CCC(C1=CC([Si](C)(C)C)=CC1)c1cccc2c1Cc1ccccc1-2. The van der Waals surface area contributed by atoms with Gasteiger partial charge < -0.3 is 0 Å². The lowest BCUT2D eigenvalue weighted by molar-refractivity contribution is 0.740. The summed E-state index contributed by atoms with van der Waals surface area (Å²) in [5.74, 6) is 0.564. The molecular formula is C24H28Si.